The van der Waals surface area contributed by atoms with Crippen LogP contribution in [0.15, 0.2) is 67.0 Å². The molecular formula is C29H32FN3O. The molecule has 1 aliphatic rings. The van der Waals surface area contributed by atoms with E-state index >= 15 is 0 Å². The van der Waals surface area contributed by atoms with Crippen LogP contribution in [0, 0.1) is 18.3 Å². The highest BCUT2D eigenvalue weighted by Gasteiger charge is 2.43. The van der Waals surface area contributed by atoms with Crippen molar-refractivity contribution in [2.75, 3.05) is 5.32 Å². The van der Waals surface area contributed by atoms with E-state index in [1.807, 2.05) is 25.3 Å². The Morgan fingerprint density at radius 3 is 2.59 bits per heavy atom. The number of nitrogens with one attached hydrogen (secondary N) is 1. The number of benzene rings is 1. The Hall–Kier alpha value is -3.34. The van der Waals surface area contributed by atoms with Crippen LogP contribution in [0.4, 0.5) is 10.2 Å². The number of aromatic nitrogens is 2. The molecule has 1 N–H and O–H groups in total. The number of anilines is 1. The second kappa shape index (κ2) is 9.13. The molecule has 4 rings (SSSR count). The molecule has 2 heterocycles. The van der Waals surface area contributed by atoms with Crippen molar-refractivity contribution in [3.63, 3.8) is 0 Å². The van der Waals surface area contributed by atoms with Gasteiger partial charge in [0.25, 0.3) is 0 Å². The molecule has 34 heavy (non-hydrogen) atoms. The van der Waals surface area contributed by atoms with Crippen LogP contribution in [-0.2, 0) is 4.79 Å². The number of amides is 1. The molecule has 0 radical (unpaired) electrons. The van der Waals surface area contributed by atoms with Gasteiger partial charge in [-0.2, -0.15) is 0 Å². The summed E-state index contributed by atoms with van der Waals surface area (Å²) < 4.78 is 13.1. The number of hydrogen-bond donors (Lipinski definition) is 1. The van der Waals surface area contributed by atoms with Crippen LogP contribution in [0.1, 0.15) is 51.3 Å². The monoisotopic (exact) mass is 457 g/mol. The van der Waals surface area contributed by atoms with E-state index in [9.17, 15) is 9.18 Å². The Bertz CT molecular complexity index is 1300. The highest BCUT2D eigenvalue weighted by atomic mass is 19.1. The predicted octanol–water partition coefficient (Wildman–Crippen LogP) is 7.16. The van der Waals surface area contributed by atoms with E-state index in [-0.39, 0.29) is 17.2 Å². The molecule has 0 aliphatic heterocycles. The van der Waals surface area contributed by atoms with E-state index in [0.717, 1.165) is 38.7 Å². The van der Waals surface area contributed by atoms with E-state index in [2.05, 4.69) is 74.9 Å². The number of hydrogen-bond acceptors (Lipinski definition) is 3. The topological polar surface area (TPSA) is 54.9 Å². The first-order valence-corrected chi connectivity index (χ1v) is 11.8. The number of fused-ring (bicyclic) bond motifs is 1. The zero-order valence-electron chi connectivity index (χ0n) is 20.5. The number of carbonyl (C=O) groups is 1. The number of aryl methyl sites for hydroxylation is 1. The van der Waals surface area contributed by atoms with Crippen molar-refractivity contribution in [3.05, 3.63) is 78.3 Å². The zero-order valence-corrected chi connectivity index (χ0v) is 20.5. The van der Waals surface area contributed by atoms with Crippen LogP contribution < -0.4 is 5.32 Å². The smallest absolute Gasteiger partial charge is 0.231 e. The molecule has 1 aromatic carbocycles. The van der Waals surface area contributed by atoms with Crippen molar-refractivity contribution in [2.45, 2.75) is 53.1 Å². The lowest BCUT2D eigenvalue weighted by Gasteiger charge is -2.33. The van der Waals surface area contributed by atoms with Crippen LogP contribution >= 0.6 is 0 Å². The van der Waals surface area contributed by atoms with Gasteiger partial charge in [0.2, 0.25) is 5.91 Å². The van der Waals surface area contributed by atoms with Crippen molar-refractivity contribution in [1.29, 1.82) is 0 Å². The summed E-state index contributed by atoms with van der Waals surface area (Å²) in [4.78, 5) is 21.2. The largest absolute Gasteiger partial charge is 0.310 e. The van der Waals surface area contributed by atoms with Gasteiger partial charge in [-0.05, 0) is 61.9 Å². The summed E-state index contributed by atoms with van der Waals surface area (Å²) in [5.74, 6) is -0.203. The van der Waals surface area contributed by atoms with Crippen molar-refractivity contribution in [3.8, 4) is 11.1 Å². The number of alkyl halides is 1. The summed E-state index contributed by atoms with van der Waals surface area (Å²) in [6, 6.07) is 10.1. The van der Waals surface area contributed by atoms with Gasteiger partial charge in [-0.15, -0.1) is 0 Å². The normalized spacial score (nSPS) is 20.2. The van der Waals surface area contributed by atoms with Crippen LogP contribution in [0.2, 0.25) is 0 Å². The fourth-order valence-corrected chi connectivity index (χ4v) is 4.46. The van der Waals surface area contributed by atoms with Crippen molar-refractivity contribution in [1.82, 2.24) is 9.97 Å². The second-order valence-corrected chi connectivity index (χ2v) is 9.69. The van der Waals surface area contributed by atoms with Crippen molar-refractivity contribution in [2.24, 2.45) is 11.3 Å². The lowest BCUT2D eigenvalue weighted by atomic mass is 9.71. The first-order valence-electron chi connectivity index (χ1n) is 11.8. The highest BCUT2D eigenvalue weighted by molar-refractivity contribution is 5.96. The number of rotatable bonds is 7. The first kappa shape index (κ1) is 23.8. The van der Waals surface area contributed by atoms with Gasteiger partial charge in [-0.1, -0.05) is 50.3 Å². The Kier molecular flexibility index (Phi) is 6.39. The Balaban J connectivity index is 1.59. The van der Waals surface area contributed by atoms with Gasteiger partial charge >= 0.3 is 0 Å². The second-order valence-electron chi connectivity index (χ2n) is 9.69. The highest BCUT2D eigenvalue weighted by Crippen LogP contribution is 2.42. The molecule has 3 aromatic rings. The Morgan fingerprint density at radius 2 is 1.97 bits per heavy atom. The van der Waals surface area contributed by atoms with Gasteiger partial charge in [0.05, 0.1) is 5.92 Å². The Labute approximate surface area is 201 Å². The third-order valence-electron chi connectivity index (χ3n) is 7.24. The molecule has 4 nitrogen and oxygen atoms in total. The molecular weight excluding hydrogens is 425 g/mol. The minimum atomic E-state index is -1.02. The zero-order chi connectivity index (χ0) is 24.6. The number of allylic oxidation sites excluding steroid dienone is 3. The van der Waals surface area contributed by atoms with E-state index in [0.29, 0.717) is 12.2 Å². The molecule has 2 aromatic heterocycles. The van der Waals surface area contributed by atoms with Gasteiger partial charge in [-0.3, -0.25) is 9.78 Å². The van der Waals surface area contributed by atoms with Gasteiger partial charge in [0, 0.05) is 40.4 Å². The summed E-state index contributed by atoms with van der Waals surface area (Å²) in [7, 11) is 0. The molecule has 1 aliphatic carbocycles. The quantitative estimate of drug-likeness (QED) is 0.383. The summed E-state index contributed by atoms with van der Waals surface area (Å²) >= 11 is 0. The van der Waals surface area contributed by atoms with Gasteiger partial charge in [-0.25, -0.2) is 9.37 Å². The number of pyridine rings is 2. The SMILES string of the molecule is C=C(C)C(C)(C=CC)C(C)c1cc(C)c(-c2ccc3cc(NC(=O)C4CC4F)ncc3c2)cn1. The maximum atomic E-state index is 13.1. The lowest BCUT2D eigenvalue weighted by molar-refractivity contribution is -0.117. The molecule has 1 amide bonds. The predicted molar refractivity (Wildman–Crippen MR) is 137 cm³/mol. The summed E-state index contributed by atoms with van der Waals surface area (Å²) in [5, 5.41) is 4.64. The van der Waals surface area contributed by atoms with E-state index in [1.165, 1.54) is 0 Å². The summed E-state index contributed by atoms with van der Waals surface area (Å²) in [5.41, 5.74) is 5.27. The fraction of sp³-hybridized carbons (Fsp3) is 0.345. The minimum Gasteiger partial charge on any atom is -0.310 e. The van der Waals surface area contributed by atoms with E-state index < -0.39 is 12.1 Å². The number of nitrogens with zero attached hydrogens (tertiary/aromatic N) is 2. The van der Waals surface area contributed by atoms with Crippen LogP contribution in [0.25, 0.3) is 21.9 Å². The lowest BCUT2D eigenvalue weighted by Crippen LogP contribution is -2.23. The molecule has 4 atom stereocenters. The van der Waals surface area contributed by atoms with Gasteiger partial charge < -0.3 is 5.32 Å². The maximum Gasteiger partial charge on any atom is 0.231 e. The van der Waals surface area contributed by atoms with Gasteiger partial charge in [0.1, 0.15) is 12.0 Å². The van der Waals surface area contributed by atoms with Crippen LogP contribution in [-0.4, -0.2) is 22.0 Å². The first-order chi connectivity index (χ1) is 16.1. The van der Waals surface area contributed by atoms with Crippen LogP contribution in [0.3, 0.4) is 0 Å². The average Bonchev–Trinajstić information content (AvgIpc) is 3.55. The third-order valence-corrected chi connectivity index (χ3v) is 7.24. The maximum absolute atomic E-state index is 13.1. The summed E-state index contributed by atoms with van der Waals surface area (Å²) in [6.07, 6.45) is 7.25. The van der Waals surface area contributed by atoms with Crippen molar-refractivity contribution < 1.29 is 9.18 Å². The van der Waals surface area contributed by atoms with E-state index in [4.69, 9.17) is 4.98 Å². The molecule has 1 fully saturated rings. The Morgan fingerprint density at radius 1 is 1.24 bits per heavy atom. The summed E-state index contributed by atoms with van der Waals surface area (Å²) in [6.45, 7) is 14.8. The molecule has 0 bridgehead atoms. The molecule has 0 spiro atoms. The van der Waals surface area contributed by atoms with Gasteiger partial charge in [0.15, 0.2) is 0 Å². The number of halogens is 1. The average molecular weight is 458 g/mol. The van der Waals surface area contributed by atoms with E-state index in [1.54, 1.807) is 6.20 Å². The molecule has 5 heteroatoms. The molecule has 0 saturated heterocycles. The minimum absolute atomic E-state index is 0.165. The van der Waals surface area contributed by atoms with Crippen molar-refractivity contribution >= 4 is 22.5 Å². The molecule has 1 saturated carbocycles. The fourth-order valence-electron chi connectivity index (χ4n) is 4.46. The van der Waals surface area contributed by atoms with Crippen LogP contribution in [0.5, 0.6) is 0 Å². The third kappa shape index (κ3) is 4.52. The standard InChI is InChI=1S/C29H32FN3O/c1-7-10-29(6,17(2)3)19(5)26-11-18(4)24(16-31-26)21-9-8-20-13-27(32-15-22(20)12-21)33-28(34)23-14-25(23)30/h7-13,15-16,19,23,25H,2,14H2,1,3-6H3,(H,32,33,34). The molecule has 176 valence electrons. The number of carbonyl (C=O) groups excluding carboxylic acids is 1. The molecule has 4 unspecified atom stereocenters.